The van der Waals surface area contributed by atoms with Crippen molar-refractivity contribution in [2.24, 2.45) is 0 Å². The molecule has 0 aliphatic rings. The van der Waals surface area contributed by atoms with Crippen LogP contribution in [0.2, 0.25) is 0 Å². The van der Waals surface area contributed by atoms with Crippen LogP contribution in [0.15, 0.2) is 23.1 Å². The third kappa shape index (κ3) is 3.31. The molecule has 0 atom stereocenters. The van der Waals surface area contributed by atoms with Gasteiger partial charge in [0.1, 0.15) is 0 Å². The van der Waals surface area contributed by atoms with Gasteiger partial charge in [-0.15, -0.1) is 6.42 Å². The van der Waals surface area contributed by atoms with Gasteiger partial charge in [0.25, 0.3) is 5.69 Å². The molecule has 0 aromatic heterocycles. The zero-order valence-electron chi connectivity index (χ0n) is 10.3. The van der Waals surface area contributed by atoms with E-state index in [4.69, 9.17) is 6.42 Å². The number of esters is 1. The molecule has 8 nitrogen and oxygen atoms in total. The van der Waals surface area contributed by atoms with Crippen molar-refractivity contribution in [1.29, 1.82) is 0 Å². The molecule has 1 aromatic carbocycles. The first-order valence-corrected chi connectivity index (χ1v) is 6.61. The highest BCUT2D eigenvalue weighted by atomic mass is 32.2. The largest absolute Gasteiger partial charge is 0.465 e. The summed E-state index contributed by atoms with van der Waals surface area (Å²) in [6.07, 6.45) is 4.94. The first-order chi connectivity index (χ1) is 9.33. The average Bonchev–Trinajstić information content (AvgIpc) is 2.43. The molecule has 0 unspecified atom stereocenters. The van der Waals surface area contributed by atoms with Gasteiger partial charge in [0, 0.05) is 12.1 Å². The van der Waals surface area contributed by atoms with E-state index in [1.54, 1.807) is 0 Å². The van der Waals surface area contributed by atoms with E-state index < -0.39 is 37.1 Å². The number of terminal acetylenes is 1. The number of benzene rings is 1. The topological polar surface area (TPSA) is 116 Å². The van der Waals surface area contributed by atoms with Gasteiger partial charge in [0.15, 0.2) is 0 Å². The van der Waals surface area contributed by atoms with E-state index in [9.17, 15) is 23.3 Å². The molecule has 0 spiro atoms. The zero-order valence-corrected chi connectivity index (χ0v) is 11.1. The van der Waals surface area contributed by atoms with E-state index in [2.05, 4.69) is 15.4 Å². The molecule has 1 aromatic rings. The number of rotatable bonds is 5. The minimum absolute atomic E-state index is 0.278. The van der Waals surface area contributed by atoms with Gasteiger partial charge in [0.2, 0.25) is 10.0 Å². The number of non-ortho nitro benzene ring substituents is 1. The second kappa shape index (κ2) is 6.14. The summed E-state index contributed by atoms with van der Waals surface area (Å²) in [5, 5.41) is 10.7. The summed E-state index contributed by atoms with van der Waals surface area (Å²) in [6.45, 7) is -0.278. The Morgan fingerprint density at radius 2 is 2.20 bits per heavy atom. The van der Waals surface area contributed by atoms with Crippen LogP contribution in [0, 0.1) is 22.5 Å². The van der Waals surface area contributed by atoms with Crippen molar-refractivity contribution in [3.63, 3.8) is 0 Å². The molecule has 20 heavy (non-hydrogen) atoms. The Kier molecular flexibility index (Phi) is 4.79. The second-order valence-corrected chi connectivity index (χ2v) is 5.19. The number of nitrogens with zero attached hydrogens (tertiary/aromatic N) is 1. The number of methoxy groups -OCH3 is 1. The minimum Gasteiger partial charge on any atom is -0.465 e. The van der Waals surface area contributed by atoms with Crippen molar-refractivity contribution in [2.45, 2.75) is 4.90 Å². The molecule has 0 saturated carbocycles. The van der Waals surface area contributed by atoms with Gasteiger partial charge in [0.05, 0.1) is 29.0 Å². The van der Waals surface area contributed by atoms with Crippen molar-refractivity contribution in [3.8, 4) is 12.3 Å². The molecule has 0 heterocycles. The van der Waals surface area contributed by atoms with Crippen LogP contribution in [0.4, 0.5) is 5.69 Å². The monoisotopic (exact) mass is 298 g/mol. The van der Waals surface area contributed by atoms with Gasteiger partial charge in [-0.05, 0) is 6.07 Å². The molecule has 1 rings (SSSR count). The average molecular weight is 298 g/mol. The van der Waals surface area contributed by atoms with E-state index >= 15 is 0 Å². The molecule has 9 heteroatoms. The van der Waals surface area contributed by atoms with Crippen LogP contribution in [-0.2, 0) is 14.8 Å². The van der Waals surface area contributed by atoms with E-state index in [1.807, 2.05) is 0 Å². The quantitative estimate of drug-likeness (QED) is 0.361. The number of carbonyl (C=O) groups excluding carboxylic acids is 1. The predicted octanol–water partition coefficient (Wildman–Crippen LogP) is 0.293. The summed E-state index contributed by atoms with van der Waals surface area (Å²) < 4.78 is 30.3. The van der Waals surface area contributed by atoms with Crippen molar-refractivity contribution >= 4 is 21.7 Å². The van der Waals surface area contributed by atoms with Crippen LogP contribution >= 0.6 is 0 Å². The maximum atomic E-state index is 11.9. The molecule has 0 saturated heterocycles. The van der Waals surface area contributed by atoms with Gasteiger partial charge >= 0.3 is 5.97 Å². The van der Waals surface area contributed by atoms with Gasteiger partial charge in [-0.1, -0.05) is 5.92 Å². The Bertz CT molecular complexity index is 689. The summed E-state index contributed by atoms with van der Waals surface area (Å²) in [7, 11) is -3.03. The Morgan fingerprint density at radius 3 is 2.70 bits per heavy atom. The Balaban J connectivity index is 3.43. The van der Waals surface area contributed by atoms with Crippen molar-refractivity contribution in [3.05, 3.63) is 33.9 Å². The summed E-state index contributed by atoms with van der Waals surface area (Å²) in [5.74, 6) is 1.07. The minimum atomic E-state index is -4.07. The molecular formula is C11H10N2O6S. The van der Waals surface area contributed by atoms with Gasteiger partial charge in [-0.3, -0.25) is 10.1 Å². The Morgan fingerprint density at radius 1 is 1.55 bits per heavy atom. The number of nitro groups is 1. The first kappa shape index (κ1) is 15.6. The third-order valence-electron chi connectivity index (χ3n) is 2.23. The van der Waals surface area contributed by atoms with Gasteiger partial charge in [-0.2, -0.15) is 4.72 Å². The molecule has 0 aliphatic heterocycles. The lowest BCUT2D eigenvalue weighted by Crippen LogP contribution is -2.26. The normalized spacial score (nSPS) is 10.6. The van der Waals surface area contributed by atoms with Crippen molar-refractivity contribution < 1.29 is 22.9 Å². The first-order valence-electron chi connectivity index (χ1n) is 5.13. The summed E-state index contributed by atoms with van der Waals surface area (Å²) in [5.41, 5.74) is -0.868. The third-order valence-corrected chi connectivity index (χ3v) is 3.69. The van der Waals surface area contributed by atoms with E-state index in [1.165, 1.54) is 0 Å². The summed E-state index contributed by atoms with van der Waals surface area (Å²) >= 11 is 0. The molecule has 0 fully saturated rings. The standard InChI is InChI=1S/C11H10N2O6S/c1-3-6-12-20(17,18)10-5-4-8(13(15)16)7-9(10)11(14)19-2/h1,4-5,7,12H,6H2,2H3. The fourth-order valence-corrected chi connectivity index (χ4v) is 2.46. The maximum Gasteiger partial charge on any atom is 0.339 e. The highest BCUT2D eigenvalue weighted by molar-refractivity contribution is 7.89. The van der Waals surface area contributed by atoms with Gasteiger partial charge in [-0.25, -0.2) is 13.2 Å². The predicted molar refractivity (Wildman–Crippen MR) is 68.5 cm³/mol. The molecule has 106 valence electrons. The number of carbonyl (C=O) groups is 1. The second-order valence-electron chi connectivity index (χ2n) is 3.46. The number of sulfonamides is 1. The maximum absolute atomic E-state index is 11.9. The van der Waals surface area contributed by atoms with Crippen LogP contribution in [0.5, 0.6) is 0 Å². The molecule has 0 aliphatic carbocycles. The highest BCUT2D eigenvalue weighted by Gasteiger charge is 2.25. The number of nitrogens with one attached hydrogen (secondary N) is 1. The fraction of sp³-hybridized carbons (Fsp3) is 0.182. The van der Waals surface area contributed by atoms with Crippen LogP contribution in [0.1, 0.15) is 10.4 Å². The number of nitro benzene ring substituents is 1. The van der Waals surface area contributed by atoms with Crippen LogP contribution in [-0.4, -0.2) is 33.0 Å². The van der Waals surface area contributed by atoms with Crippen molar-refractivity contribution in [1.82, 2.24) is 4.72 Å². The van der Waals surface area contributed by atoms with Gasteiger partial charge < -0.3 is 4.74 Å². The smallest absolute Gasteiger partial charge is 0.339 e. The Hall–Kier alpha value is -2.44. The summed E-state index contributed by atoms with van der Waals surface area (Å²) in [4.78, 5) is 21.0. The fourth-order valence-electron chi connectivity index (χ4n) is 1.35. The lowest BCUT2D eigenvalue weighted by atomic mass is 10.2. The molecular weight excluding hydrogens is 288 g/mol. The number of hydrogen-bond acceptors (Lipinski definition) is 6. The number of ether oxygens (including phenoxy) is 1. The molecule has 0 bridgehead atoms. The molecule has 0 radical (unpaired) electrons. The zero-order chi connectivity index (χ0) is 15.3. The van der Waals surface area contributed by atoms with E-state index in [-0.39, 0.29) is 6.54 Å². The molecule has 1 N–H and O–H groups in total. The van der Waals surface area contributed by atoms with E-state index in [0.29, 0.717) is 0 Å². The summed E-state index contributed by atoms with van der Waals surface area (Å²) in [6, 6.07) is 2.75. The highest BCUT2D eigenvalue weighted by Crippen LogP contribution is 2.22. The van der Waals surface area contributed by atoms with Crippen LogP contribution in [0.3, 0.4) is 0 Å². The Labute approximate surface area is 114 Å². The lowest BCUT2D eigenvalue weighted by Gasteiger charge is -2.08. The van der Waals surface area contributed by atoms with Crippen LogP contribution in [0.25, 0.3) is 0 Å². The SMILES string of the molecule is C#CCNS(=O)(=O)c1ccc([N+](=O)[O-])cc1C(=O)OC. The van der Waals surface area contributed by atoms with Crippen LogP contribution < -0.4 is 4.72 Å². The lowest BCUT2D eigenvalue weighted by molar-refractivity contribution is -0.384. The number of hydrogen-bond donors (Lipinski definition) is 1. The van der Waals surface area contributed by atoms with E-state index in [0.717, 1.165) is 25.3 Å². The van der Waals surface area contributed by atoms with Crippen molar-refractivity contribution in [2.75, 3.05) is 13.7 Å². The molecule has 0 amide bonds.